The first kappa shape index (κ1) is 12.0. The van der Waals surface area contributed by atoms with Gasteiger partial charge in [0.2, 0.25) is 0 Å². The number of ether oxygens (including phenoxy) is 2. The number of esters is 1. The van der Waals surface area contributed by atoms with Crippen LogP contribution in [-0.2, 0) is 14.3 Å². The summed E-state index contributed by atoms with van der Waals surface area (Å²) in [5.74, 6) is 3.22. The highest BCUT2D eigenvalue weighted by molar-refractivity contribution is 6.83. The number of rotatable bonds is 0. The first-order valence-electron chi connectivity index (χ1n) is 6.49. The Kier molecular flexibility index (Phi) is 2.48. The number of hydrogen-bond acceptors (Lipinski definition) is 3. The van der Waals surface area contributed by atoms with Gasteiger partial charge in [0.05, 0.1) is 18.6 Å². The molecule has 3 rings (SSSR count). The van der Waals surface area contributed by atoms with E-state index < -0.39 is 8.07 Å². The standard InChI is InChI=1S/C14H18O3Si/c1-18(2,3)7-4-10-11-8-13(15)17-14(11)5-6-16-12(10)9-14/h8,10,12H,5-6,9H2,1-3H3. The zero-order chi connectivity index (χ0) is 13.0. The van der Waals surface area contributed by atoms with Gasteiger partial charge in [0.1, 0.15) is 13.7 Å². The van der Waals surface area contributed by atoms with Crippen LogP contribution in [0, 0.1) is 17.4 Å². The van der Waals surface area contributed by atoms with Gasteiger partial charge in [0, 0.05) is 18.9 Å². The van der Waals surface area contributed by atoms with Crippen molar-refractivity contribution in [2.75, 3.05) is 6.61 Å². The van der Waals surface area contributed by atoms with Crippen molar-refractivity contribution in [1.29, 1.82) is 0 Å². The summed E-state index contributed by atoms with van der Waals surface area (Å²) in [5, 5.41) is 0. The molecule has 1 spiro atoms. The highest BCUT2D eigenvalue weighted by Crippen LogP contribution is 2.51. The maximum Gasteiger partial charge on any atom is 0.331 e. The Balaban J connectivity index is 1.97. The molecule has 2 fully saturated rings. The third-order valence-electron chi connectivity index (χ3n) is 3.77. The van der Waals surface area contributed by atoms with Crippen LogP contribution in [0.5, 0.6) is 0 Å². The number of carbonyl (C=O) groups excluding carboxylic acids is 1. The lowest BCUT2D eigenvalue weighted by molar-refractivity contribution is -0.152. The SMILES string of the molecule is C[Si](C)(C)C#CC1C2=CC(=O)OC23CCOC1C3. The fourth-order valence-corrected chi connectivity index (χ4v) is 3.60. The quantitative estimate of drug-likeness (QED) is 0.380. The summed E-state index contributed by atoms with van der Waals surface area (Å²) in [6.45, 7) is 7.34. The van der Waals surface area contributed by atoms with Crippen molar-refractivity contribution >= 4 is 14.0 Å². The van der Waals surface area contributed by atoms with Crippen LogP contribution in [0.25, 0.3) is 0 Å². The van der Waals surface area contributed by atoms with E-state index in [1.54, 1.807) is 6.08 Å². The van der Waals surface area contributed by atoms with E-state index in [0.717, 1.165) is 18.4 Å². The first-order valence-corrected chi connectivity index (χ1v) is 9.99. The fraction of sp³-hybridized carbons (Fsp3) is 0.643. The molecule has 0 aromatic rings. The van der Waals surface area contributed by atoms with Crippen LogP contribution >= 0.6 is 0 Å². The molecule has 3 unspecified atom stereocenters. The smallest absolute Gasteiger partial charge is 0.331 e. The number of hydrogen-bond donors (Lipinski definition) is 0. The fourth-order valence-electron chi connectivity index (χ4n) is 3.01. The van der Waals surface area contributed by atoms with E-state index in [0.29, 0.717) is 6.61 Å². The van der Waals surface area contributed by atoms with E-state index >= 15 is 0 Å². The van der Waals surface area contributed by atoms with E-state index in [9.17, 15) is 4.79 Å². The van der Waals surface area contributed by atoms with E-state index in [1.165, 1.54) is 0 Å². The van der Waals surface area contributed by atoms with Gasteiger partial charge in [-0.25, -0.2) is 4.79 Å². The lowest BCUT2D eigenvalue weighted by Gasteiger charge is -2.29. The van der Waals surface area contributed by atoms with Crippen molar-refractivity contribution in [3.05, 3.63) is 11.6 Å². The minimum absolute atomic E-state index is 0.0608. The Hall–Kier alpha value is -1.05. The van der Waals surface area contributed by atoms with Crippen LogP contribution in [0.15, 0.2) is 11.6 Å². The van der Waals surface area contributed by atoms with Crippen LogP contribution in [-0.4, -0.2) is 32.4 Å². The van der Waals surface area contributed by atoms with E-state index in [1.807, 2.05) is 0 Å². The molecule has 3 aliphatic rings. The highest BCUT2D eigenvalue weighted by atomic mass is 28.3. The summed E-state index contributed by atoms with van der Waals surface area (Å²) >= 11 is 0. The third-order valence-corrected chi connectivity index (χ3v) is 4.67. The van der Waals surface area contributed by atoms with E-state index in [-0.39, 0.29) is 23.6 Å². The second-order valence-corrected chi connectivity index (χ2v) is 11.1. The lowest BCUT2D eigenvalue weighted by Crippen LogP contribution is -2.35. The van der Waals surface area contributed by atoms with Crippen molar-refractivity contribution < 1.29 is 14.3 Å². The summed E-state index contributed by atoms with van der Waals surface area (Å²) < 4.78 is 11.3. The molecule has 0 radical (unpaired) electrons. The molecule has 3 atom stereocenters. The Morgan fingerprint density at radius 2 is 2.22 bits per heavy atom. The molecule has 96 valence electrons. The average molecular weight is 262 g/mol. The minimum Gasteiger partial charge on any atom is -0.451 e. The van der Waals surface area contributed by atoms with Crippen molar-refractivity contribution in [1.82, 2.24) is 0 Å². The second kappa shape index (κ2) is 3.72. The van der Waals surface area contributed by atoms with E-state index in [2.05, 4.69) is 31.1 Å². The molecule has 2 heterocycles. The van der Waals surface area contributed by atoms with Gasteiger partial charge in [0.15, 0.2) is 0 Å². The van der Waals surface area contributed by atoms with Crippen molar-refractivity contribution in [3.8, 4) is 11.5 Å². The topological polar surface area (TPSA) is 35.5 Å². The monoisotopic (exact) mass is 262 g/mol. The Morgan fingerprint density at radius 1 is 1.44 bits per heavy atom. The Bertz CT molecular complexity index is 491. The average Bonchev–Trinajstić information content (AvgIpc) is 2.62. The molecular formula is C14H18O3Si. The molecule has 1 aliphatic carbocycles. The lowest BCUT2D eigenvalue weighted by atomic mass is 9.91. The van der Waals surface area contributed by atoms with Crippen molar-refractivity contribution in [3.63, 3.8) is 0 Å². The summed E-state index contributed by atoms with van der Waals surface area (Å²) in [5.41, 5.74) is 4.10. The maximum atomic E-state index is 11.5. The van der Waals surface area contributed by atoms with Crippen LogP contribution < -0.4 is 0 Å². The van der Waals surface area contributed by atoms with Crippen LogP contribution in [0.2, 0.25) is 19.6 Å². The normalized spacial score (nSPS) is 37.5. The van der Waals surface area contributed by atoms with Crippen LogP contribution in [0.3, 0.4) is 0 Å². The maximum absolute atomic E-state index is 11.5. The van der Waals surface area contributed by atoms with Gasteiger partial charge in [-0.1, -0.05) is 25.6 Å². The van der Waals surface area contributed by atoms with Gasteiger partial charge >= 0.3 is 5.97 Å². The highest BCUT2D eigenvalue weighted by Gasteiger charge is 2.57. The first-order chi connectivity index (χ1) is 8.40. The van der Waals surface area contributed by atoms with Crippen LogP contribution in [0.4, 0.5) is 0 Å². The molecule has 0 amide bonds. The minimum atomic E-state index is -1.40. The molecule has 1 saturated heterocycles. The molecule has 2 bridgehead atoms. The summed E-state index contributed by atoms with van der Waals surface area (Å²) in [7, 11) is -1.40. The Morgan fingerprint density at radius 3 is 2.94 bits per heavy atom. The van der Waals surface area contributed by atoms with Crippen LogP contribution in [0.1, 0.15) is 12.8 Å². The molecule has 18 heavy (non-hydrogen) atoms. The molecular weight excluding hydrogens is 244 g/mol. The molecule has 0 N–H and O–H groups in total. The predicted molar refractivity (Wildman–Crippen MR) is 70.5 cm³/mol. The van der Waals surface area contributed by atoms with Gasteiger partial charge in [-0.2, -0.15) is 0 Å². The number of fused-ring (bicyclic) bond motifs is 1. The summed E-state index contributed by atoms with van der Waals surface area (Å²) in [4.78, 5) is 11.5. The predicted octanol–water partition coefficient (Wildman–Crippen LogP) is 1.90. The zero-order valence-corrected chi connectivity index (χ0v) is 12.1. The molecule has 3 nitrogen and oxygen atoms in total. The van der Waals surface area contributed by atoms with Gasteiger partial charge in [-0.15, -0.1) is 5.54 Å². The summed E-state index contributed by atoms with van der Waals surface area (Å²) in [6.07, 6.45) is 3.34. The van der Waals surface area contributed by atoms with Crippen molar-refractivity contribution in [2.24, 2.45) is 5.92 Å². The van der Waals surface area contributed by atoms with Gasteiger partial charge < -0.3 is 9.47 Å². The van der Waals surface area contributed by atoms with Crippen molar-refractivity contribution in [2.45, 2.75) is 44.2 Å². The van der Waals surface area contributed by atoms with Gasteiger partial charge in [-0.05, 0) is 5.57 Å². The largest absolute Gasteiger partial charge is 0.451 e. The van der Waals surface area contributed by atoms with Gasteiger partial charge in [-0.3, -0.25) is 0 Å². The third kappa shape index (κ3) is 1.82. The summed E-state index contributed by atoms with van der Waals surface area (Å²) in [6, 6.07) is 0. The molecule has 0 aromatic carbocycles. The molecule has 0 aromatic heterocycles. The number of carbonyl (C=O) groups is 1. The van der Waals surface area contributed by atoms with E-state index in [4.69, 9.17) is 9.47 Å². The molecule has 4 heteroatoms. The van der Waals surface area contributed by atoms with Gasteiger partial charge in [0.25, 0.3) is 0 Å². The molecule has 2 aliphatic heterocycles. The molecule has 1 saturated carbocycles. The Labute approximate surface area is 109 Å². The second-order valence-electron chi connectivity index (χ2n) is 6.38. The zero-order valence-electron chi connectivity index (χ0n) is 11.1.